The summed E-state index contributed by atoms with van der Waals surface area (Å²) in [6.07, 6.45) is 3.89. The third-order valence-electron chi connectivity index (χ3n) is 2.77. The second kappa shape index (κ2) is 6.94. The van der Waals surface area contributed by atoms with Crippen molar-refractivity contribution in [3.05, 3.63) is 0 Å². The third-order valence-corrected chi connectivity index (χ3v) is 4.69. The summed E-state index contributed by atoms with van der Waals surface area (Å²) in [4.78, 5) is 4.56. The van der Waals surface area contributed by atoms with Gasteiger partial charge in [-0.05, 0) is 25.2 Å². The Labute approximate surface area is 118 Å². The van der Waals surface area contributed by atoms with Gasteiger partial charge in [0.2, 0.25) is 0 Å². The standard InChI is InChI=1S/C13H26N2OS2/c1-10(6-7-18(5)16)15-12-14-9-11(17-12)8-13(2,3)4/h10-11H,6-9H2,1-5H3,(H,14,15). The molecule has 1 rings (SSSR count). The van der Waals surface area contributed by atoms with Crippen molar-refractivity contribution < 1.29 is 4.21 Å². The average Bonchev–Trinajstić information content (AvgIpc) is 2.59. The summed E-state index contributed by atoms with van der Waals surface area (Å²) in [6, 6.07) is 0.355. The molecule has 0 aromatic rings. The Morgan fingerprint density at radius 2 is 2.22 bits per heavy atom. The Morgan fingerprint density at radius 3 is 2.78 bits per heavy atom. The SMILES string of the molecule is CC(CCS(C)=O)NC1=NCC(CC(C)(C)C)S1. The van der Waals surface area contributed by atoms with E-state index in [0.717, 1.165) is 23.9 Å². The van der Waals surface area contributed by atoms with Gasteiger partial charge in [-0.2, -0.15) is 0 Å². The Morgan fingerprint density at radius 1 is 1.56 bits per heavy atom. The van der Waals surface area contributed by atoms with Crippen molar-refractivity contribution in [1.29, 1.82) is 0 Å². The van der Waals surface area contributed by atoms with Gasteiger partial charge in [-0.25, -0.2) is 0 Å². The molecule has 1 aliphatic rings. The van der Waals surface area contributed by atoms with E-state index in [1.165, 1.54) is 6.42 Å². The normalized spacial score (nSPS) is 23.6. The molecular weight excluding hydrogens is 264 g/mol. The quantitative estimate of drug-likeness (QED) is 0.846. The fraction of sp³-hybridized carbons (Fsp3) is 0.923. The van der Waals surface area contributed by atoms with Gasteiger partial charge in [-0.15, -0.1) is 0 Å². The Balaban J connectivity index is 2.27. The first kappa shape index (κ1) is 16.0. The van der Waals surface area contributed by atoms with E-state index in [-0.39, 0.29) is 0 Å². The minimum Gasteiger partial charge on any atom is -0.362 e. The predicted octanol–water partition coefficient (Wildman–Crippen LogP) is 2.64. The Bertz CT molecular complexity index is 323. The van der Waals surface area contributed by atoms with E-state index in [2.05, 4.69) is 38.0 Å². The fourth-order valence-corrected chi connectivity index (χ4v) is 4.06. The monoisotopic (exact) mass is 290 g/mol. The van der Waals surface area contributed by atoms with Crippen LogP contribution in [0.15, 0.2) is 4.99 Å². The van der Waals surface area contributed by atoms with Crippen molar-refractivity contribution in [3.8, 4) is 0 Å². The summed E-state index contributed by atoms with van der Waals surface area (Å²) in [5.74, 6) is 0.761. The highest BCUT2D eigenvalue weighted by Gasteiger charge is 2.25. The lowest BCUT2D eigenvalue weighted by molar-refractivity contribution is 0.375. The van der Waals surface area contributed by atoms with Crippen molar-refractivity contribution in [3.63, 3.8) is 0 Å². The molecule has 0 saturated heterocycles. The number of aliphatic imine (C=N–C) groups is 1. The van der Waals surface area contributed by atoms with Gasteiger partial charge < -0.3 is 5.32 Å². The maximum atomic E-state index is 11.0. The number of nitrogens with zero attached hydrogens (tertiary/aromatic N) is 1. The Kier molecular flexibility index (Phi) is 6.18. The van der Waals surface area contributed by atoms with Gasteiger partial charge in [-0.1, -0.05) is 32.5 Å². The van der Waals surface area contributed by atoms with Gasteiger partial charge in [0.05, 0.1) is 6.54 Å². The summed E-state index contributed by atoms with van der Waals surface area (Å²) >= 11 is 1.86. The van der Waals surface area contributed by atoms with Crippen LogP contribution in [0.3, 0.4) is 0 Å². The molecule has 3 nitrogen and oxygen atoms in total. The third kappa shape index (κ3) is 6.78. The molecule has 0 amide bonds. The highest BCUT2D eigenvalue weighted by molar-refractivity contribution is 8.14. The van der Waals surface area contributed by atoms with Crippen LogP contribution in [0.1, 0.15) is 40.5 Å². The minimum absolute atomic E-state index is 0.355. The van der Waals surface area contributed by atoms with Crippen LogP contribution in [0.4, 0.5) is 0 Å². The second-order valence-corrected chi connectivity index (χ2v) is 9.11. The topological polar surface area (TPSA) is 41.5 Å². The van der Waals surface area contributed by atoms with Crippen molar-refractivity contribution in [2.75, 3.05) is 18.6 Å². The van der Waals surface area contributed by atoms with Crippen molar-refractivity contribution in [2.24, 2.45) is 10.4 Å². The van der Waals surface area contributed by atoms with Gasteiger partial charge in [0.1, 0.15) is 0 Å². The lowest BCUT2D eigenvalue weighted by atomic mass is 9.90. The molecule has 18 heavy (non-hydrogen) atoms. The molecule has 0 radical (unpaired) electrons. The summed E-state index contributed by atoms with van der Waals surface area (Å²) in [7, 11) is -0.696. The molecule has 1 heterocycles. The van der Waals surface area contributed by atoms with Crippen LogP contribution in [0, 0.1) is 5.41 Å². The van der Waals surface area contributed by atoms with Gasteiger partial charge in [0.15, 0.2) is 5.17 Å². The maximum absolute atomic E-state index is 11.0. The molecule has 0 spiro atoms. The van der Waals surface area contributed by atoms with Gasteiger partial charge in [-0.3, -0.25) is 9.20 Å². The van der Waals surface area contributed by atoms with Crippen LogP contribution in [0.25, 0.3) is 0 Å². The number of rotatable bonds is 5. The van der Waals surface area contributed by atoms with Gasteiger partial charge in [0.25, 0.3) is 0 Å². The molecule has 0 aliphatic carbocycles. The largest absolute Gasteiger partial charge is 0.362 e. The van der Waals surface area contributed by atoms with Crippen molar-refractivity contribution in [1.82, 2.24) is 5.32 Å². The van der Waals surface area contributed by atoms with Gasteiger partial charge in [0, 0.05) is 34.1 Å². The summed E-state index contributed by atoms with van der Waals surface area (Å²) in [5.41, 5.74) is 0.368. The van der Waals surface area contributed by atoms with Crippen LogP contribution in [0.5, 0.6) is 0 Å². The molecule has 0 aromatic heterocycles. The van der Waals surface area contributed by atoms with Crippen molar-refractivity contribution in [2.45, 2.75) is 51.8 Å². The van der Waals surface area contributed by atoms with E-state index in [1.807, 2.05) is 11.8 Å². The molecule has 0 fully saturated rings. The van der Waals surface area contributed by atoms with Crippen LogP contribution in [-0.4, -0.2) is 39.2 Å². The van der Waals surface area contributed by atoms with Gasteiger partial charge >= 0.3 is 0 Å². The first-order chi connectivity index (χ1) is 8.26. The first-order valence-corrected chi connectivity index (χ1v) is 9.14. The zero-order valence-corrected chi connectivity index (χ0v) is 13.8. The van der Waals surface area contributed by atoms with Crippen LogP contribution < -0.4 is 5.32 Å². The highest BCUT2D eigenvalue weighted by Crippen LogP contribution is 2.31. The number of amidine groups is 1. The zero-order chi connectivity index (χ0) is 13.8. The minimum atomic E-state index is -0.696. The van der Waals surface area contributed by atoms with E-state index in [0.29, 0.717) is 16.7 Å². The number of hydrogen-bond donors (Lipinski definition) is 1. The van der Waals surface area contributed by atoms with Crippen LogP contribution >= 0.6 is 11.8 Å². The molecule has 3 atom stereocenters. The van der Waals surface area contributed by atoms with E-state index < -0.39 is 10.8 Å². The second-order valence-electron chi connectivity index (χ2n) is 6.26. The van der Waals surface area contributed by atoms with E-state index in [4.69, 9.17) is 0 Å². The summed E-state index contributed by atoms with van der Waals surface area (Å²) in [5, 5.41) is 5.11. The summed E-state index contributed by atoms with van der Waals surface area (Å²) < 4.78 is 11.0. The van der Waals surface area contributed by atoms with Crippen LogP contribution in [0.2, 0.25) is 0 Å². The number of thioether (sulfide) groups is 1. The molecule has 1 aliphatic heterocycles. The summed E-state index contributed by atoms with van der Waals surface area (Å²) in [6.45, 7) is 9.89. The highest BCUT2D eigenvalue weighted by atomic mass is 32.2. The number of nitrogens with one attached hydrogen (secondary N) is 1. The molecule has 5 heteroatoms. The predicted molar refractivity (Wildman–Crippen MR) is 83.9 cm³/mol. The molecule has 0 saturated carbocycles. The lowest BCUT2D eigenvalue weighted by Gasteiger charge is -2.22. The molecule has 1 N–H and O–H groups in total. The molecule has 0 bridgehead atoms. The first-order valence-electron chi connectivity index (χ1n) is 6.54. The zero-order valence-electron chi connectivity index (χ0n) is 12.2. The fourth-order valence-electron chi connectivity index (χ4n) is 1.91. The van der Waals surface area contributed by atoms with E-state index in [1.54, 1.807) is 6.26 Å². The smallest absolute Gasteiger partial charge is 0.157 e. The van der Waals surface area contributed by atoms with Crippen molar-refractivity contribution >= 4 is 27.7 Å². The average molecular weight is 290 g/mol. The lowest BCUT2D eigenvalue weighted by Crippen LogP contribution is -2.31. The maximum Gasteiger partial charge on any atom is 0.157 e. The van der Waals surface area contributed by atoms with E-state index >= 15 is 0 Å². The van der Waals surface area contributed by atoms with Crippen LogP contribution in [-0.2, 0) is 10.8 Å². The molecule has 0 aromatic carbocycles. The molecule has 106 valence electrons. The molecule has 3 unspecified atom stereocenters. The molecular formula is C13H26N2OS2. The van der Waals surface area contributed by atoms with E-state index in [9.17, 15) is 4.21 Å². The number of hydrogen-bond acceptors (Lipinski definition) is 4. The Hall–Kier alpha value is -0.0300.